The molecule has 3 N–H and O–H groups in total. The fraction of sp³-hybridized carbons (Fsp3) is 0.933. The van der Waals surface area contributed by atoms with Crippen LogP contribution in [0, 0.1) is 5.92 Å². The third-order valence-corrected chi connectivity index (χ3v) is 4.31. The zero-order valence-electron chi connectivity index (χ0n) is 12.6. The van der Waals surface area contributed by atoms with Crippen LogP contribution in [0.3, 0.4) is 0 Å². The summed E-state index contributed by atoms with van der Waals surface area (Å²) >= 11 is 0. The van der Waals surface area contributed by atoms with Crippen molar-refractivity contribution in [3.05, 3.63) is 0 Å². The van der Waals surface area contributed by atoms with E-state index in [2.05, 4.69) is 17.1 Å². The maximum Gasteiger partial charge on any atom is 0.249 e. The highest BCUT2D eigenvalue weighted by molar-refractivity contribution is 5.81. The number of nitrogens with zero attached hydrogens (tertiary/aromatic N) is 1. The molecule has 0 aromatic heterocycles. The van der Waals surface area contributed by atoms with Gasteiger partial charge in [0.2, 0.25) is 5.91 Å². The van der Waals surface area contributed by atoms with Crippen LogP contribution in [-0.2, 0) is 9.53 Å². The SMILES string of the molecule is CC(CNC(=O)C1CCC(CN)O1)CN1CCCCC1. The van der Waals surface area contributed by atoms with Crippen LogP contribution in [0.15, 0.2) is 0 Å². The van der Waals surface area contributed by atoms with Gasteiger partial charge in [0.05, 0.1) is 6.10 Å². The van der Waals surface area contributed by atoms with Crippen molar-refractivity contribution in [2.45, 2.75) is 51.2 Å². The van der Waals surface area contributed by atoms with Gasteiger partial charge < -0.3 is 20.7 Å². The molecule has 0 radical (unpaired) electrons. The summed E-state index contributed by atoms with van der Waals surface area (Å²) in [6.07, 6.45) is 5.47. The molecular formula is C15H29N3O2. The Morgan fingerprint density at radius 2 is 2.10 bits per heavy atom. The van der Waals surface area contributed by atoms with Crippen LogP contribution in [0.25, 0.3) is 0 Å². The minimum atomic E-state index is -0.286. The number of hydrogen-bond donors (Lipinski definition) is 2. The first-order chi connectivity index (χ1) is 9.69. The van der Waals surface area contributed by atoms with E-state index in [0.29, 0.717) is 12.5 Å². The third kappa shape index (κ3) is 4.72. The number of hydrogen-bond acceptors (Lipinski definition) is 4. The smallest absolute Gasteiger partial charge is 0.249 e. The van der Waals surface area contributed by atoms with Gasteiger partial charge in [-0.15, -0.1) is 0 Å². The predicted octanol–water partition coefficient (Wildman–Crippen LogP) is 0.731. The van der Waals surface area contributed by atoms with E-state index in [1.165, 1.54) is 32.4 Å². The van der Waals surface area contributed by atoms with Gasteiger partial charge in [-0.2, -0.15) is 0 Å². The molecule has 0 aromatic rings. The number of rotatable bonds is 6. The zero-order chi connectivity index (χ0) is 14.4. The van der Waals surface area contributed by atoms with Gasteiger partial charge in [-0.05, 0) is 44.7 Å². The summed E-state index contributed by atoms with van der Waals surface area (Å²) in [5, 5.41) is 3.03. The maximum absolute atomic E-state index is 12.0. The Kier molecular flexibility index (Phi) is 6.26. The number of nitrogens with one attached hydrogen (secondary N) is 1. The summed E-state index contributed by atoms with van der Waals surface area (Å²) in [4.78, 5) is 14.5. The van der Waals surface area contributed by atoms with Gasteiger partial charge >= 0.3 is 0 Å². The molecule has 0 aliphatic carbocycles. The maximum atomic E-state index is 12.0. The van der Waals surface area contributed by atoms with E-state index in [1.807, 2.05) is 0 Å². The van der Waals surface area contributed by atoms with Crippen molar-refractivity contribution < 1.29 is 9.53 Å². The third-order valence-electron chi connectivity index (χ3n) is 4.31. The summed E-state index contributed by atoms with van der Waals surface area (Å²) in [5.74, 6) is 0.523. The molecule has 20 heavy (non-hydrogen) atoms. The van der Waals surface area contributed by atoms with Crippen molar-refractivity contribution in [2.75, 3.05) is 32.7 Å². The van der Waals surface area contributed by atoms with Crippen LogP contribution in [-0.4, -0.2) is 55.7 Å². The van der Waals surface area contributed by atoms with Crippen molar-refractivity contribution in [1.29, 1.82) is 0 Å². The molecule has 2 heterocycles. The molecule has 5 heteroatoms. The molecular weight excluding hydrogens is 254 g/mol. The van der Waals surface area contributed by atoms with Crippen LogP contribution in [0.4, 0.5) is 0 Å². The fourth-order valence-corrected chi connectivity index (χ4v) is 3.11. The van der Waals surface area contributed by atoms with Crippen LogP contribution in [0.5, 0.6) is 0 Å². The first kappa shape index (κ1) is 15.7. The summed E-state index contributed by atoms with van der Waals surface area (Å²) < 4.78 is 5.61. The second-order valence-corrected chi connectivity index (χ2v) is 6.27. The largest absolute Gasteiger partial charge is 0.364 e. The Balaban J connectivity index is 1.62. The van der Waals surface area contributed by atoms with E-state index in [1.54, 1.807) is 0 Å². The number of likely N-dealkylation sites (tertiary alicyclic amines) is 1. The number of carbonyl (C=O) groups is 1. The van der Waals surface area contributed by atoms with Gasteiger partial charge in [-0.3, -0.25) is 4.79 Å². The molecule has 3 unspecified atom stereocenters. The lowest BCUT2D eigenvalue weighted by Crippen LogP contribution is -2.41. The Hall–Kier alpha value is -0.650. The lowest BCUT2D eigenvalue weighted by atomic mass is 10.1. The lowest BCUT2D eigenvalue weighted by molar-refractivity contribution is -0.132. The van der Waals surface area contributed by atoms with Gasteiger partial charge in [-0.1, -0.05) is 13.3 Å². The average Bonchev–Trinajstić information content (AvgIpc) is 2.95. The molecule has 2 rings (SSSR count). The summed E-state index contributed by atoms with van der Waals surface area (Å²) in [5.41, 5.74) is 5.56. The normalized spacial score (nSPS) is 29.3. The van der Waals surface area contributed by atoms with E-state index in [0.717, 1.165) is 25.9 Å². The quantitative estimate of drug-likeness (QED) is 0.754. The first-order valence-corrected chi connectivity index (χ1v) is 8.04. The number of ether oxygens (including phenoxy) is 1. The average molecular weight is 283 g/mol. The second-order valence-electron chi connectivity index (χ2n) is 6.27. The van der Waals surface area contributed by atoms with E-state index < -0.39 is 0 Å². The van der Waals surface area contributed by atoms with Gasteiger partial charge in [0.1, 0.15) is 6.10 Å². The highest BCUT2D eigenvalue weighted by Crippen LogP contribution is 2.19. The number of amides is 1. The molecule has 3 atom stereocenters. The Bertz CT molecular complexity index is 305. The van der Waals surface area contributed by atoms with Crippen LogP contribution >= 0.6 is 0 Å². The molecule has 2 aliphatic rings. The fourth-order valence-electron chi connectivity index (χ4n) is 3.11. The van der Waals surface area contributed by atoms with Gasteiger partial charge in [0, 0.05) is 19.6 Å². The van der Waals surface area contributed by atoms with E-state index >= 15 is 0 Å². The van der Waals surface area contributed by atoms with Gasteiger partial charge in [0.15, 0.2) is 0 Å². The van der Waals surface area contributed by atoms with Gasteiger partial charge in [-0.25, -0.2) is 0 Å². The number of piperidine rings is 1. The predicted molar refractivity (Wildman–Crippen MR) is 79.4 cm³/mol. The molecule has 2 fully saturated rings. The van der Waals surface area contributed by atoms with Crippen molar-refractivity contribution >= 4 is 5.91 Å². The monoisotopic (exact) mass is 283 g/mol. The molecule has 2 aliphatic heterocycles. The highest BCUT2D eigenvalue weighted by atomic mass is 16.5. The first-order valence-electron chi connectivity index (χ1n) is 8.04. The van der Waals surface area contributed by atoms with Crippen LogP contribution < -0.4 is 11.1 Å². The minimum Gasteiger partial charge on any atom is -0.364 e. The van der Waals surface area contributed by atoms with E-state index in [9.17, 15) is 4.79 Å². The molecule has 2 saturated heterocycles. The zero-order valence-corrected chi connectivity index (χ0v) is 12.6. The summed E-state index contributed by atoms with van der Waals surface area (Å²) in [6.45, 7) is 6.95. The number of carbonyl (C=O) groups excluding carboxylic acids is 1. The molecule has 5 nitrogen and oxygen atoms in total. The van der Waals surface area contributed by atoms with Crippen molar-refractivity contribution in [3.63, 3.8) is 0 Å². The molecule has 116 valence electrons. The van der Waals surface area contributed by atoms with Crippen LogP contribution in [0.1, 0.15) is 39.0 Å². The van der Waals surface area contributed by atoms with Crippen molar-refractivity contribution in [1.82, 2.24) is 10.2 Å². The molecule has 0 bridgehead atoms. The summed E-state index contributed by atoms with van der Waals surface area (Å²) in [6, 6.07) is 0. The second kappa shape index (κ2) is 7.96. The van der Waals surface area contributed by atoms with E-state index in [4.69, 9.17) is 10.5 Å². The van der Waals surface area contributed by atoms with Crippen LogP contribution in [0.2, 0.25) is 0 Å². The lowest BCUT2D eigenvalue weighted by Gasteiger charge is -2.29. The Labute approximate surface area is 122 Å². The highest BCUT2D eigenvalue weighted by Gasteiger charge is 2.29. The van der Waals surface area contributed by atoms with Gasteiger partial charge in [0.25, 0.3) is 0 Å². The molecule has 1 amide bonds. The topological polar surface area (TPSA) is 67.6 Å². The van der Waals surface area contributed by atoms with E-state index in [-0.39, 0.29) is 18.1 Å². The molecule has 0 spiro atoms. The molecule has 0 aromatic carbocycles. The van der Waals surface area contributed by atoms with Crippen molar-refractivity contribution in [2.24, 2.45) is 11.7 Å². The standard InChI is InChI=1S/C15H29N3O2/c1-12(11-18-7-3-2-4-8-18)10-17-15(19)14-6-5-13(9-16)20-14/h12-14H,2-11,16H2,1H3,(H,17,19). The summed E-state index contributed by atoms with van der Waals surface area (Å²) in [7, 11) is 0. The minimum absolute atomic E-state index is 0.0337. The Morgan fingerprint density at radius 1 is 1.35 bits per heavy atom. The Morgan fingerprint density at radius 3 is 2.75 bits per heavy atom. The molecule has 0 saturated carbocycles. The number of nitrogens with two attached hydrogens (primary N) is 1. The van der Waals surface area contributed by atoms with Crippen molar-refractivity contribution in [3.8, 4) is 0 Å².